The van der Waals surface area contributed by atoms with Gasteiger partial charge >= 0.3 is 11.5 Å². The minimum atomic E-state index is -5.60. The number of carbonyl (C=O) groups is 1. The van der Waals surface area contributed by atoms with Crippen molar-refractivity contribution < 1.29 is 31.1 Å². The number of esters is 1. The Morgan fingerprint density at radius 2 is 1.48 bits per heavy atom. The van der Waals surface area contributed by atoms with Gasteiger partial charge in [-0.15, -0.1) is 5.69 Å². The summed E-state index contributed by atoms with van der Waals surface area (Å²) in [5, 5.41) is 0. The zero-order valence-corrected chi connectivity index (χ0v) is 15.2. The average molecular weight is 402 g/mol. The van der Waals surface area contributed by atoms with E-state index in [1.807, 2.05) is 0 Å². The Morgan fingerprint density at radius 3 is 1.93 bits per heavy atom. The van der Waals surface area contributed by atoms with Crippen LogP contribution in [0.25, 0.3) is 4.72 Å². The summed E-state index contributed by atoms with van der Waals surface area (Å²) in [6, 6.07) is 4.71. The topological polar surface area (TPSA) is 74.5 Å². The number of rotatable bonds is 4. The van der Waals surface area contributed by atoms with Crippen molar-refractivity contribution >= 4 is 21.7 Å². The Labute approximate surface area is 155 Å². The van der Waals surface area contributed by atoms with Crippen molar-refractivity contribution in [2.45, 2.75) is 44.0 Å². The third kappa shape index (κ3) is 3.41. The second kappa shape index (κ2) is 6.12. The zero-order valence-electron chi connectivity index (χ0n) is 14.4. The fraction of sp³-hybridized carbons (Fsp3) is 0.611. The molecular formula is C18H19F3NO4S-. The first kappa shape index (κ1) is 18.6. The molecule has 4 bridgehead atoms. The number of carbonyl (C=O) groups excluding carboxylic acids is 1. The number of hydrogen-bond donors (Lipinski definition) is 0. The minimum absolute atomic E-state index is 0.180. The smallest absolute Gasteiger partial charge is 0.483 e. The summed E-state index contributed by atoms with van der Waals surface area (Å²) in [5.74, 6) is 1.64. The molecule has 0 amide bonds. The molecule has 1 aromatic carbocycles. The number of benzene rings is 1. The maximum absolute atomic E-state index is 12.8. The van der Waals surface area contributed by atoms with Gasteiger partial charge in [-0.3, -0.25) is 4.79 Å². The highest BCUT2D eigenvalue weighted by molar-refractivity contribution is 7.95. The second-order valence-electron chi connectivity index (χ2n) is 8.09. The predicted octanol–water partition coefficient (Wildman–Crippen LogP) is 4.66. The van der Waals surface area contributed by atoms with Crippen LogP contribution < -0.4 is 4.74 Å². The van der Waals surface area contributed by atoms with Gasteiger partial charge in [-0.2, -0.15) is 13.2 Å². The highest BCUT2D eigenvalue weighted by Gasteiger charge is 2.55. The van der Waals surface area contributed by atoms with Crippen LogP contribution in [0.3, 0.4) is 0 Å². The Bertz CT molecular complexity index is 813. The van der Waals surface area contributed by atoms with Gasteiger partial charge in [0.15, 0.2) is 10.0 Å². The third-order valence-electron chi connectivity index (χ3n) is 6.04. The lowest BCUT2D eigenvalue weighted by Gasteiger charge is -2.55. The van der Waals surface area contributed by atoms with Crippen LogP contribution in [-0.2, 0) is 14.8 Å². The van der Waals surface area contributed by atoms with E-state index in [1.54, 1.807) is 0 Å². The van der Waals surface area contributed by atoms with Gasteiger partial charge in [-0.1, -0.05) is 12.1 Å². The molecule has 0 unspecified atom stereocenters. The zero-order chi connectivity index (χ0) is 19.4. The van der Waals surface area contributed by atoms with Gasteiger partial charge in [0.05, 0.1) is 5.41 Å². The summed E-state index contributed by atoms with van der Waals surface area (Å²) < 4.78 is 67.5. The molecule has 4 aliphatic rings. The fourth-order valence-electron chi connectivity index (χ4n) is 5.34. The van der Waals surface area contributed by atoms with Gasteiger partial charge in [-0.25, -0.2) is 8.42 Å². The average Bonchev–Trinajstić information content (AvgIpc) is 2.54. The van der Waals surface area contributed by atoms with Crippen LogP contribution in [-0.4, -0.2) is 19.9 Å². The van der Waals surface area contributed by atoms with Gasteiger partial charge in [0.2, 0.25) is 0 Å². The number of halogens is 3. The highest BCUT2D eigenvalue weighted by atomic mass is 32.2. The van der Waals surface area contributed by atoms with E-state index in [1.165, 1.54) is 31.4 Å². The molecule has 9 heteroatoms. The maximum Gasteiger partial charge on any atom is 0.483 e. The van der Waals surface area contributed by atoms with Crippen molar-refractivity contribution in [1.82, 2.24) is 0 Å². The first-order chi connectivity index (χ1) is 12.6. The van der Waals surface area contributed by atoms with E-state index in [4.69, 9.17) is 4.74 Å². The van der Waals surface area contributed by atoms with E-state index in [-0.39, 0.29) is 17.4 Å². The lowest BCUT2D eigenvalue weighted by molar-refractivity contribution is -0.161. The molecule has 1 aromatic rings. The molecule has 0 radical (unpaired) electrons. The highest BCUT2D eigenvalue weighted by Crippen LogP contribution is 2.60. The number of sulfonamides is 1. The predicted molar refractivity (Wildman–Crippen MR) is 90.7 cm³/mol. The first-order valence-corrected chi connectivity index (χ1v) is 10.4. The summed E-state index contributed by atoms with van der Waals surface area (Å²) in [4.78, 5) is 12.8. The number of alkyl halides is 3. The van der Waals surface area contributed by atoms with E-state index in [0.29, 0.717) is 17.8 Å². The molecule has 5 rings (SSSR count). The van der Waals surface area contributed by atoms with Crippen LogP contribution in [0.2, 0.25) is 0 Å². The molecule has 0 aromatic heterocycles. The van der Waals surface area contributed by atoms with Gasteiger partial charge in [0.25, 0.3) is 0 Å². The molecule has 27 heavy (non-hydrogen) atoms. The van der Waals surface area contributed by atoms with Crippen LogP contribution in [0.15, 0.2) is 24.3 Å². The lowest BCUT2D eigenvalue weighted by atomic mass is 9.49. The number of nitrogens with zero attached hydrogens (tertiary/aromatic N) is 1. The molecule has 5 nitrogen and oxygen atoms in total. The summed E-state index contributed by atoms with van der Waals surface area (Å²) >= 11 is 0. The Balaban J connectivity index is 1.44. The molecule has 0 spiro atoms. The SMILES string of the molecule is O=C(Oc1ccc([N-]S(=O)(=O)C(F)(F)F)cc1)C12CC3CC(CC(C3)C1)C2. The van der Waals surface area contributed by atoms with Crippen LogP contribution in [0.4, 0.5) is 18.9 Å². The molecule has 0 saturated heterocycles. The molecule has 0 heterocycles. The molecule has 4 aliphatic carbocycles. The van der Waals surface area contributed by atoms with Crippen molar-refractivity contribution in [2.24, 2.45) is 23.2 Å². The molecule has 0 N–H and O–H groups in total. The monoisotopic (exact) mass is 402 g/mol. The molecule has 4 saturated carbocycles. The third-order valence-corrected chi connectivity index (χ3v) is 7.07. The maximum atomic E-state index is 12.8. The van der Waals surface area contributed by atoms with E-state index < -0.39 is 20.9 Å². The van der Waals surface area contributed by atoms with Gasteiger partial charge < -0.3 is 9.46 Å². The van der Waals surface area contributed by atoms with Gasteiger partial charge in [0, 0.05) is 0 Å². The fourth-order valence-corrected chi connectivity index (χ4v) is 5.84. The Kier molecular flexibility index (Phi) is 4.21. The van der Waals surface area contributed by atoms with Crippen LogP contribution in [0, 0.1) is 23.2 Å². The van der Waals surface area contributed by atoms with Crippen molar-refractivity contribution in [2.75, 3.05) is 0 Å². The van der Waals surface area contributed by atoms with Gasteiger partial charge in [0.1, 0.15) is 5.75 Å². The standard InChI is InChI=1S/C18H19F3NO4S/c19-18(20,21)27(24,25)22-14-1-3-15(4-2-14)26-16(23)17-8-11-5-12(9-17)7-13(6-11)10-17/h1-4,11-13H,5-10H2/q-1. The normalized spacial score (nSPS) is 32.3. The lowest BCUT2D eigenvalue weighted by Crippen LogP contribution is -2.51. The van der Waals surface area contributed by atoms with Gasteiger partial charge in [-0.05, 0) is 68.4 Å². The molecule has 4 fully saturated rings. The summed E-state index contributed by atoms with van der Waals surface area (Å²) in [6.45, 7) is 0. The largest absolute Gasteiger partial charge is 0.569 e. The van der Waals surface area contributed by atoms with Crippen LogP contribution in [0.1, 0.15) is 38.5 Å². The van der Waals surface area contributed by atoms with Crippen molar-refractivity contribution in [3.05, 3.63) is 29.0 Å². The van der Waals surface area contributed by atoms with E-state index in [0.717, 1.165) is 31.4 Å². The second-order valence-corrected chi connectivity index (χ2v) is 9.69. The van der Waals surface area contributed by atoms with Crippen molar-refractivity contribution in [3.63, 3.8) is 0 Å². The van der Waals surface area contributed by atoms with E-state index in [9.17, 15) is 26.4 Å². The van der Waals surface area contributed by atoms with Crippen LogP contribution >= 0.6 is 0 Å². The quantitative estimate of drug-likeness (QED) is 0.542. The van der Waals surface area contributed by atoms with E-state index >= 15 is 0 Å². The molecule has 0 aliphatic heterocycles. The summed E-state index contributed by atoms with van der Waals surface area (Å²) in [5.41, 5.74) is -6.27. The number of hydrogen-bond acceptors (Lipinski definition) is 4. The minimum Gasteiger partial charge on any atom is -0.569 e. The molecular weight excluding hydrogens is 383 g/mol. The summed E-state index contributed by atoms with van der Waals surface area (Å²) in [7, 11) is -5.60. The number of ether oxygens (including phenoxy) is 1. The Morgan fingerprint density at radius 1 is 1.00 bits per heavy atom. The molecule has 0 atom stereocenters. The molecule has 148 valence electrons. The van der Waals surface area contributed by atoms with E-state index in [2.05, 4.69) is 4.72 Å². The first-order valence-electron chi connectivity index (χ1n) is 8.93. The van der Waals surface area contributed by atoms with Crippen molar-refractivity contribution in [1.29, 1.82) is 0 Å². The van der Waals surface area contributed by atoms with Crippen molar-refractivity contribution in [3.8, 4) is 5.75 Å². The summed E-state index contributed by atoms with van der Waals surface area (Å²) in [6.07, 6.45) is 6.10. The Hall–Kier alpha value is -1.77. The van der Waals surface area contributed by atoms with Crippen LogP contribution in [0.5, 0.6) is 5.75 Å².